The Morgan fingerprint density at radius 1 is 1.08 bits per heavy atom. The van der Waals surface area contributed by atoms with Crippen LogP contribution in [0.1, 0.15) is 41.8 Å². The SMILES string of the molecule is CCC(C)OC(=O)c1ccc(OC)c(OCc2ccc(C)cc2)c1. The maximum absolute atomic E-state index is 12.2. The third-order valence-corrected chi connectivity index (χ3v) is 3.80. The molecule has 0 aliphatic heterocycles. The lowest BCUT2D eigenvalue weighted by molar-refractivity contribution is 0.0334. The van der Waals surface area contributed by atoms with E-state index in [1.807, 2.05) is 45.0 Å². The van der Waals surface area contributed by atoms with Gasteiger partial charge in [-0.15, -0.1) is 0 Å². The van der Waals surface area contributed by atoms with E-state index < -0.39 is 0 Å². The molecule has 0 aliphatic rings. The summed E-state index contributed by atoms with van der Waals surface area (Å²) >= 11 is 0. The van der Waals surface area contributed by atoms with E-state index in [0.29, 0.717) is 23.7 Å². The quantitative estimate of drug-likeness (QED) is 0.700. The number of ether oxygens (including phenoxy) is 3. The Labute approximate surface area is 143 Å². The summed E-state index contributed by atoms with van der Waals surface area (Å²) in [4.78, 5) is 12.2. The van der Waals surface area contributed by atoms with E-state index in [9.17, 15) is 4.79 Å². The van der Waals surface area contributed by atoms with Crippen LogP contribution in [-0.4, -0.2) is 19.2 Å². The van der Waals surface area contributed by atoms with Crippen LogP contribution in [0, 0.1) is 6.92 Å². The van der Waals surface area contributed by atoms with E-state index in [4.69, 9.17) is 14.2 Å². The summed E-state index contributed by atoms with van der Waals surface area (Å²) < 4.78 is 16.5. The molecule has 0 radical (unpaired) electrons. The van der Waals surface area contributed by atoms with Crippen LogP contribution in [0.15, 0.2) is 42.5 Å². The minimum absolute atomic E-state index is 0.114. The fourth-order valence-electron chi connectivity index (χ4n) is 2.10. The number of hydrogen-bond donors (Lipinski definition) is 0. The zero-order valence-electron chi connectivity index (χ0n) is 14.7. The Kier molecular flexibility index (Phi) is 6.24. The van der Waals surface area contributed by atoms with Crippen LogP contribution < -0.4 is 9.47 Å². The molecule has 0 N–H and O–H groups in total. The lowest BCUT2D eigenvalue weighted by Crippen LogP contribution is -2.14. The maximum atomic E-state index is 12.2. The van der Waals surface area contributed by atoms with Gasteiger partial charge in [-0.05, 0) is 44.0 Å². The monoisotopic (exact) mass is 328 g/mol. The molecule has 4 heteroatoms. The first kappa shape index (κ1) is 17.9. The van der Waals surface area contributed by atoms with Crippen molar-refractivity contribution in [2.75, 3.05) is 7.11 Å². The first-order chi connectivity index (χ1) is 11.5. The molecular formula is C20H24O4. The zero-order chi connectivity index (χ0) is 17.5. The maximum Gasteiger partial charge on any atom is 0.338 e. The van der Waals surface area contributed by atoms with Gasteiger partial charge in [0.05, 0.1) is 18.8 Å². The van der Waals surface area contributed by atoms with E-state index >= 15 is 0 Å². The Morgan fingerprint density at radius 3 is 2.42 bits per heavy atom. The Hall–Kier alpha value is -2.49. The largest absolute Gasteiger partial charge is 0.493 e. The van der Waals surface area contributed by atoms with Crippen molar-refractivity contribution in [2.45, 2.75) is 39.9 Å². The van der Waals surface area contributed by atoms with E-state index in [0.717, 1.165) is 12.0 Å². The molecule has 0 aliphatic carbocycles. The number of methoxy groups -OCH3 is 1. The second kappa shape index (κ2) is 8.39. The van der Waals surface area contributed by atoms with Gasteiger partial charge in [-0.3, -0.25) is 0 Å². The van der Waals surface area contributed by atoms with Crippen molar-refractivity contribution in [3.8, 4) is 11.5 Å². The third kappa shape index (κ3) is 4.75. The highest BCUT2D eigenvalue weighted by Gasteiger charge is 2.14. The highest BCUT2D eigenvalue weighted by molar-refractivity contribution is 5.90. The average Bonchev–Trinajstić information content (AvgIpc) is 2.60. The molecule has 1 unspecified atom stereocenters. The summed E-state index contributed by atoms with van der Waals surface area (Å²) in [5, 5.41) is 0. The molecule has 0 saturated heterocycles. The number of carbonyl (C=O) groups is 1. The topological polar surface area (TPSA) is 44.8 Å². The van der Waals surface area contributed by atoms with Gasteiger partial charge in [0.2, 0.25) is 0 Å². The van der Waals surface area contributed by atoms with Gasteiger partial charge in [-0.2, -0.15) is 0 Å². The van der Waals surface area contributed by atoms with Crippen LogP contribution in [0.2, 0.25) is 0 Å². The lowest BCUT2D eigenvalue weighted by atomic mass is 10.1. The summed E-state index contributed by atoms with van der Waals surface area (Å²) in [5.74, 6) is 0.756. The second-order valence-corrected chi connectivity index (χ2v) is 5.76. The summed E-state index contributed by atoms with van der Waals surface area (Å²) in [6, 6.07) is 13.2. The third-order valence-electron chi connectivity index (χ3n) is 3.80. The number of esters is 1. The smallest absolute Gasteiger partial charge is 0.338 e. The minimum atomic E-state index is -0.354. The van der Waals surface area contributed by atoms with E-state index in [-0.39, 0.29) is 12.1 Å². The van der Waals surface area contributed by atoms with Crippen LogP contribution >= 0.6 is 0 Å². The van der Waals surface area contributed by atoms with Gasteiger partial charge in [0.1, 0.15) is 6.61 Å². The normalized spacial score (nSPS) is 11.7. The Morgan fingerprint density at radius 2 is 1.79 bits per heavy atom. The van der Waals surface area contributed by atoms with Crippen molar-refractivity contribution in [3.63, 3.8) is 0 Å². The van der Waals surface area contributed by atoms with Gasteiger partial charge >= 0.3 is 5.97 Å². The molecule has 0 fully saturated rings. The fourth-order valence-corrected chi connectivity index (χ4v) is 2.10. The standard InChI is InChI=1S/C20H24O4/c1-5-15(3)24-20(21)17-10-11-18(22-4)19(12-17)23-13-16-8-6-14(2)7-9-16/h6-12,15H,5,13H2,1-4H3. The molecule has 0 bridgehead atoms. The number of hydrogen-bond acceptors (Lipinski definition) is 4. The van der Waals surface area contributed by atoms with Gasteiger partial charge in [0.15, 0.2) is 11.5 Å². The van der Waals surface area contributed by atoms with Crippen LogP contribution in [0.3, 0.4) is 0 Å². The molecule has 2 rings (SSSR count). The van der Waals surface area contributed by atoms with Crippen molar-refractivity contribution in [2.24, 2.45) is 0 Å². The van der Waals surface area contributed by atoms with Crippen molar-refractivity contribution >= 4 is 5.97 Å². The Balaban J connectivity index is 2.13. The fraction of sp³-hybridized carbons (Fsp3) is 0.350. The summed E-state index contributed by atoms with van der Waals surface area (Å²) in [7, 11) is 1.57. The van der Waals surface area contributed by atoms with Crippen LogP contribution in [0.5, 0.6) is 11.5 Å². The molecule has 0 amide bonds. The van der Waals surface area contributed by atoms with E-state index in [2.05, 4.69) is 0 Å². The number of aryl methyl sites for hydroxylation is 1. The molecule has 0 saturated carbocycles. The number of carbonyl (C=O) groups excluding carboxylic acids is 1. The summed E-state index contributed by atoms with van der Waals surface area (Å²) in [5.41, 5.74) is 2.70. The van der Waals surface area contributed by atoms with Gasteiger partial charge in [0.25, 0.3) is 0 Å². The Bertz CT molecular complexity index is 677. The van der Waals surface area contributed by atoms with Crippen LogP contribution in [0.25, 0.3) is 0 Å². The zero-order valence-corrected chi connectivity index (χ0v) is 14.7. The first-order valence-electron chi connectivity index (χ1n) is 8.10. The highest BCUT2D eigenvalue weighted by Crippen LogP contribution is 2.29. The molecule has 2 aromatic carbocycles. The van der Waals surface area contributed by atoms with Crippen molar-refractivity contribution < 1.29 is 19.0 Å². The van der Waals surface area contributed by atoms with Crippen LogP contribution in [0.4, 0.5) is 0 Å². The van der Waals surface area contributed by atoms with Gasteiger partial charge in [-0.1, -0.05) is 36.8 Å². The van der Waals surface area contributed by atoms with E-state index in [1.54, 1.807) is 25.3 Å². The molecule has 24 heavy (non-hydrogen) atoms. The van der Waals surface area contributed by atoms with Crippen molar-refractivity contribution in [3.05, 3.63) is 59.2 Å². The second-order valence-electron chi connectivity index (χ2n) is 5.76. The van der Waals surface area contributed by atoms with Crippen molar-refractivity contribution in [1.82, 2.24) is 0 Å². The molecule has 2 aromatic rings. The van der Waals surface area contributed by atoms with Gasteiger partial charge < -0.3 is 14.2 Å². The molecule has 4 nitrogen and oxygen atoms in total. The van der Waals surface area contributed by atoms with Gasteiger partial charge in [-0.25, -0.2) is 4.79 Å². The summed E-state index contributed by atoms with van der Waals surface area (Å²) in [6.07, 6.45) is 0.662. The highest BCUT2D eigenvalue weighted by atomic mass is 16.5. The molecule has 128 valence electrons. The predicted molar refractivity (Wildman–Crippen MR) is 93.7 cm³/mol. The molecule has 0 heterocycles. The number of benzene rings is 2. The molecular weight excluding hydrogens is 304 g/mol. The van der Waals surface area contributed by atoms with Crippen LogP contribution in [-0.2, 0) is 11.3 Å². The van der Waals surface area contributed by atoms with Gasteiger partial charge in [0, 0.05) is 0 Å². The summed E-state index contributed by atoms with van der Waals surface area (Å²) in [6.45, 7) is 6.29. The minimum Gasteiger partial charge on any atom is -0.493 e. The average molecular weight is 328 g/mol. The predicted octanol–water partition coefficient (Wildman–Crippen LogP) is 4.54. The molecule has 0 aromatic heterocycles. The molecule has 1 atom stereocenters. The first-order valence-corrected chi connectivity index (χ1v) is 8.10. The van der Waals surface area contributed by atoms with E-state index in [1.165, 1.54) is 5.56 Å². The lowest BCUT2D eigenvalue weighted by Gasteiger charge is -2.14. The number of rotatable bonds is 7. The molecule has 0 spiro atoms. The van der Waals surface area contributed by atoms with Crippen molar-refractivity contribution in [1.29, 1.82) is 0 Å².